The summed E-state index contributed by atoms with van der Waals surface area (Å²) in [5.74, 6) is 5.59. The monoisotopic (exact) mass is 248 g/mol. The van der Waals surface area contributed by atoms with Gasteiger partial charge in [-0.15, -0.1) is 0 Å². The Morgan fingerprint density at radius 3 is 2.53 bits per heavy atom. The molecule has 0 spiro atoms. The Morgan fingerprint density at radius 1 is 1.24 bits per heavy atom. The molecule has 0 radical (unpaired) electrons. The number of hydrazine groups is 1. The summed E-state index contributed by atoms with van der Waals surface area (Å²) in [4.78, 5) is 7.97. The normalized spacial score (nSPS) is 12.4. The molecule has 0 saturated carbocycles. The van der Waals surface area contributed by atoms with Gasteiger partial charge >= 0.3 is 0 Å². The maximum Gasteiger partial charge on any atom is 0.115 e. The van der Waals surface area contributed by atoms with Gasteiger partial charge in [-0.2, -0.15) is 0 Å². The van der Waals surface area contributed by atoms with E-state index < -0.39 is 0 Å². The lowest BCUT2D eigenvalue weighted by molar-refractivity contribution is 0.631. The molecule has 88 valence electrons. The maximum atomic E-state index is 6.00. The van der Waals surface area contributed by atoms with Gasteiger partial charge in [-0.05, 0) is 24.1 Å². The van der Waals surface area contributed by atoms with Gasteiger partial charge in [-0.25, -0.2) is 15.4 Å². The first-order valence-corrected chi connectivity index (χ1v) is 5.57. The number of nitrogens with one attached hydrogen (secondary N) is 1. The van der Waals surface area contributed by atoms with E-state index in [1.165, 1.54) is 6.33 Å². The minimum atomic E-state index is -0.132. The molecule has 1 aromatic carbocycles. The van der Waals surface area contributed by atoms with Crippen molar-refractivity contribution in [3.05, 3.63) is 58.6 Å². The number of aromatic nitrogens is 2. The highest BCUT2D eigenvalue weighted by atomic mass is 35.5. The fraction of sp³-hybridized carbons (Fsp3) is 0.167. The minimum Gasteiger partial charge on any atom is -0.271 e. The summed E-state index contributed by atoms with van der Waals surface area (Å²) >= 11 is 6.00. The molecular formula is C12H13ClN4. The van der Waals surface area contributed by atoms with Crippen LogP contribution in [0.3, 0.4) is 0 Å². The summed E-state index contributed by atoms with van der Waals surface area (Å²) in [7, 11) is 0. The van der Waals surface area contributed by atoms with Crippen LogP contribution in [0.25, 0.3) is 0 Å². The minimum absolute atomic E-state index is 0.132. The van der Waals surface area contributed by atoms with Crippen LogP contribution >= 0.6 is 11.6 Å². The molecule has 0 aliphatic carbocycles. The van der Waals surface area contributed by atoms with Crippen molar-refractivity contribution < 1.29 is 0 Å². The number of nitrogens with zero attached hydrogens (tertiary/aromatic N) is 2. The molecule has 0 amide bonds. The zero-order chi connectivity index (χ0) is 12.3. The molecule has 0 aliphatic heterocycles. The molecular weight excluding hydrogens is 236 g/mol. The van der Waals surface area contributed by atoms with Crippen molar-refractivity contribution in [2.75, 3.05) is 0 Å². The van der Waals surface area contributed by atoms with Crippen molar-refractivity contribution in [2.24, 2.45) is 5.84 Å². The summed E-state index contributed by atoms with van der Waals surface area (Å²) in [6.07, 6.45) is 4.97. The van der Waals surface area contributed by atoms with Crippen LogP contribution in [0.15, 0.2) is 36.9 Å². The van der Waals surface area contributed by atoms with Crippen LogP contribution in [0.1, 0.15) is 22.7 Å². The summed E-state index contributed by atoms with van der Waals surface area (Å²) in [6, 6.07) is 5.67. The van der Waals surface area contributed by atoms with Crippen molar-refractivity contribution in [1.82, 2.24) is 15.4 Å². The zero-order valence-corrected chi connectivity index (χ0v) is 10.1. The average molecular weight is 249 g/mol. The Bertz CT molecular complexity index is 501. The van der Waals surface area contributed by atoms with Gasteiger partial charge in [-0.1, -0.05) is 23.7 Å². The summed E-state index contributed by atoms with van der Waals surface area (Å²) in [5, 5.41) is 0.744. The third kappa shape index (κ3) is 2.61. The van der Waals surface area contributed by atoms with Crippen LogP contribution in [0.2, 0.25) is 5.02 Å². The lowest BCUT2D eigenvalue weighted by Crippen LogP contribution is -2.29. The Morgan fingerprint density at radius 2 is 1.94 bits per heavy atom. The number of halogens is 1. The molecule has 4 nitrogen and oxygen atoms in total. The first-order valence-electron chi connectivity index (χ1n) is 5.19. The highest BCUT2D eigenvalue weighted by molar-refractivity contribution is 6.31. The standard InChI is InChI=1S/C12H13ClN4/c1-8-4-9(2-3-11(8)13)12(17-14)10-5-15-7-16-6-10/h2-7,12,17H,14H2,1H3. The van der Waals surface area contributed by atoms with Gasteiger partial charge in [0.15, 0.2) is 0 Å². The topological polar surface area (TPSA) is 63.8 Å². The third-order valence-electron chi connectivity index (χ3n) is 2.60. The number of benzene rings is 1. The smallest absolute Gasteiger partial charge is 0.115 e. The molecule has 17 heavy (non-hydrogen) atoms. The molecule has 2 aromatic rings. The van der Waals surface area contributed by atoms with E-state index in [2.05, 4.69) is 15.4 Å². The molecule has 0 fully saturated rings. The van der Waals surface area contributed by atoms with Crippen molar-refractivity contribution in [3.63, 3.8) is 0 Å². The lowest BCUT2D eigenvalue weighted by Gasteiger charge is -2.16. The number of hydrogen-bond donors (Lipinski definition) is 2. The van der Waals surface area contributed by atoms with Crippen LogP contribution in [0, 0.1) is 6.92 Å². The van der Waals surface area contributed by atoms with E-state index in [4.69, 9.17) is 17.4 Å². The van der Waals surface area contributed by atoms with Crippen LogP contribution in [0.5, 0.6) is 0 Å². The molecule has 0 bridgehead atoms. The van der Waals surface area contributed by atoms with Crippen molar-refractivity contribution in [1.29, 1.82) is 0 Å². The molecule has 2 rings (SSSR count). The summed E-state index contributed by atoms with van der Waals surface area (Å²) in [6.45, 7) is 1.96. The van der Waals surface area contributed by atoms with Crippen molar-refractivity contribution >= 4 is 11.6 Å². The number of nitrogens with two attached hydrogens (primary N) is 1. The second-order valence-corrected chi connectivity index (χ2v) is 4.19. The van der Waals surface area contributed by atoms with Gasteiger partial charge in [-0.3, -0.25) is 5.84 Å². The quantitative estimate of drug-likeness (QED) is 0.644. The van der Waals surface area contributed by atoms with Gasteiger partial charge in [0.25, 0.3) is 0 Å². The highest BCUT2D eigenvalue weighted by Crippen LogP contribution is 2.24. The highest BCUT2D eigenvalue weighted by Gasteiger charge is 2.13. The number of rotatable bonds is 3. The Balaban J connectivity index is 2.39. The Hall–Kier alpha value is -1.49. The second kappa shape index (κ2) is 5.23. The number of hydrogen-bond acceptors (Lipinski definition) is 4. The molecule has 5 heteroatoms. The maximum absolute atomic E-state index is 6.00. The van der Waals surface area contributed by atoms with E-state index >= 15 is 0 Å². The molecule has 3 N–H and O–H groups in total. The van der Waals surface area contributed by atoms with Crippen LogP contribution in [-0.4, -0.2) is 9.97 Å². The number of aryl methyl sites for hydroxylation is 1. The van der Waals surface area contributed by atoms with E-state index in [-0.39, 0.29) is 6.04 Å². The van der Waals surface area contributed by atoms with Crippen LogP contribution < -0.4 is 11.3 Å². The SMILES string of the molecule is Cc1cc(C(NN)c2cncnc2)ccc1Cl. The molecule has 0 aliphatic rings. The van der Waals surface area contributed by atoms with Crippen LogP contribution in [-0.2, 0) is 0 Å². The van der Waals surface area contributed by atoms with Gasteiger partial charge in [0.2, 0.25) is 0 Å². The van der Waals surface area contributed by atoms with E-state index in [9.17, 15) is 0 Å². The van der Waals surface area contributed by atoms with Crippen molar-refractivity contribution in [2.45, 2.75) is 13.0 Å². The largest absolute Gasteiger partial charge is 0.271 e. The molecule has 1 unspecified atom stereocenters. The van der Waals surface area contributed by atoms with E-state index in [0.29, 0.717) is 0 Å². The van der Waals surface area contributed by atoms with E-state index in [1.807, 2.05) is 25.1 Å². The van der Waals surface area contributed by atoms with E-state index in [1.54, 1.807) is 12.4 Å². The average Bonchev–Trinajstić information content (AvgIpc) is 2.36. The Kier molecular flexibility index (Phi) is 3.68. The summed E-state index contributed by atoms with van der Waals surface area (Å²) < 4.78 is 0. The third-order valence-corrected chi connectivity index (χ3v) is 3.02. The van der Waals surface area contributed by atoms with Crippen LogP contribution in [0.4, 0.5) is 0 Å². The van der Waals surface area contributed by atoms with Crippen molar-refractivity contribution in [3.8, 4) is 0 Å². The predicted molar refractivity (Wildman–Crippen MR) is 67.4 cm³/mol. The van der Waals surface area contributed by atoms with Gasteiger partial charge < -0.3 is 0 Å². The molecule has 1 heterocycles. The fourth-order valence-electron chi connectivity index (χ4n) is 1.69. The Labute approximate surface area is 105 Å². The molecule has 0 saturated heterocycles. The first kappa shape index (κ1) is 12.0. The zero-order valence-electron chi connectivity index (χ0n) is 9.39. The summed E-state index contributed by atoms with van der Waals surface area (Å²) in [5.41, 5.74) is 5.72. The molecule has 1 aromatic heterocycles. The van der Waals surface area contributed by atoms with Gasteiger partial charge in [0, 0.05) is 23.0 Å². The van der Waals surface area contributed by atoms with Gasteiger partial charge in [0.1, 0.15) is 6.33 Å². The fourth-order valence-corrected chi connectivity index (χ4v) is 1.81. The second-order valence-electron chi connectivity index (χ2n) is 3.78. The van der Waals surface area contributed by atoms with Gasteiger partial charge in [0.05, 0.1) is 6.04 Å². The lowest BCUT2D eigenvalue weighted by atomic mass is 10.0. The first-order chi connectivity index (χ1) is 8.22. The predicted octanol–water partition coefficient (Wildman–Crippen LogP) is 1.99. The molecule has 1 atom stereocenters. The van der Waals surface area contributed by atoms with E-state index in [0.717, 1.165) is 21.7 Å².